The minimum absolute atomic E-state index is 0.0970. The van der Waals surface area contributed by atoms with Gasteiger partial charge in [0.2, 0.25) is 0 Å². The van der Waals surface area contributed by atoms with Crippen molar-refractivity contribution in [2.45, 2.75) is 44.2 Å². The van der Waals surface area contributed by atoms with Crippen molar-refractivity contribution in [1.29, 1.82) is 0 Å². The van der Waals surface area contributed by atoms with E-state index >= 15 is 0 Å². The molecule has 6 nitrogen and oxygen atoms in total. The van der Waals surface area contributed by atoms with Gasteiger partial charge in [0.05, 0.1) is 28.1 Å². The number of para-hydroxylation sites is 4. The number of imidazole rings is 2. The standard InChI is InChI=1S/C23H27N5O/c29-14-12-16-7-5-6-13-28(16)21(23-26-19-10-3-4-11-20(19)27-23)15-22-24-17-8-1-2-9-18(17)25-22/h1-4,8-11,16,21,29H,5-7,12-15H2,(H,24,25)(H,26,27). The van der Waals surface area contributed by atoms with Crippen LogP contribution >= 0.6 is 0 Å². The van der Waals surface area contributed by atoms with E-state index in [9.17, 15) is 5.11 Å². The first-order valence-electron chi connectivity index (χ1n) is 10.6. The highest BCUT2D eigenvalue weighted by Crippen LogP contribution is 2.32. The zero-order chi connectivity index (χ0) is 19.6. The molecule has 2 unspecified atom stereocenters. The number of nitrogens with zero attached hydrogens (tertiary/aromatic N) is 3. The molecule has 3 N–H and O–H groups in total. The van der Waals surface area contributed by atoms with Gasteiger partial charge in [-0.1, -0.05) is 30.7 Å². The van der Waals surface area contributed by atoms with E-state index < -0.39 is 0 Å². The van der Waals surface area contributed by atoms with Crippen LogP contribution in [0.4, 0.5) is 0 Å². The van der Waals surface area contributed by atoms with Crippen LogP contribution in [0.5, 0.6) is 0 Å². The Morgan fingerprint density at radius 1 is 0.966 bits per heavy atom. The van der Waals surface area contributed by atoms with Crippen molar-refractivity contribution < 1.29 is 5.11 Å². The summed E-state index contributed by atoms with van der Waals surface area (Å²) in [5.74, 6) is 1.96. The van der Waals surface area contributed by atoms with Gasteiger partial charge in [-0.25, -0.2) is 9.97 Å². The van der Waals surface area contributed by atoms with Gasteiger partial charge in [0.15, 0.2) is 0 Å². The average molecular weight is 390 g/mol. The highest BCUT2D eigenvalue weighted by molar-refractivity contribution is 5.75. The Morgan fingerprint density at radius 2 is 1.69 bits per heavy atom. The van der Waals surface area contributed by atoms with Crippen molar-refractivity contribution >= 4 is 22.1 Å². The largest absolute Gasteiger partial charge is 0.396 e. The van der Waals surface area contributed by atoms with Gasteiger partial charge in [-0.3, -0.25) is 4.90 Å². The molecule has 0 aliphatic carbocycles. The van der Waals surface area contributed by atoms with Crippen molar-refractivity contribution in [2.75, 3.05) is 13.2 Å². The zero-order valence-corrected chi connectivity index (χ0v) is 16.5. The zero-order valence-electron chi connectivity index (χ0n) is 16.5. The van der Waals surface area contributed by atoms with Crippen LogP contribution in [0, 0.1) is 0 Å². The molecule has 2 atom stereocenters. The molecule has 29 heavy (non-hydrogen) atoms. The van der Waals surface area contributed by atoms with Crippen LogP contribution in [-0.4, -0.2) is 49.1 Å². The number of aliphatic hydroxyl groups excluding tert-OH is 1. The van der Waals surface area contributed by atoms with E-state index in [-0.39, 0.29) is 12.6 Å². The summed E-state index contributed by atoms with van der Waals surface area (Å²) in [5, 5.41) is 9.62. The molecule has 0 radical (unpaired) electrons. The number of rotatable bonds is 6. The number of H-pyrrole nitrogens is 2. The van der Waals surface area contributed by atoms with Crippen LogP contribution in [0.3, 0.4) is 0 Å². The molecule has 0 bridgehead atoms. The van der Waals surface area contributed by atoms with Gasteiger partial charge < -0.3 is 15.1 Å². The maximum Gasteiger partial charge on any atom is 0.125 e. The van der Waals surface area contributed by atoms with E-state index in [2.05, 4.69) is 33.1 Å². The first-order valence-corrected chi connectivity index (χ1v) is 10.6. The van der Waals surface area contributed by atoms with E-state index in [1.165, 1.54) is 12.8 Å². The molecule has 1 fully saturated rings. The van der Waals surface area contributed by atoms with E-state index in [4.69, 9.17) is 9.97 Å². The Bertz CT molecular complexity index is 1030. The Balaban J connectivity index is 1.54. The summed E-state index contributed by atoms with van der Waals surface area (Å²) in [6, 6.07) is 16.8. The Hall–Kier alpha value is -2.70. The third kappa shape index (κ3) is 3.66. The van der Waals surface area contributed by atoms with Crippen LogP contribution < -0.4 is 0 Å². The number of likely N-dealkylation sites (tertiary alicyclic amines) is 1. The maximum absolute atomic E-state index is 9.62. The summed E-state index contributed by atoms with van der Waals surface area (Å²) in [4.78, 5) is 19.3. The molecule has 1 aliphatic heterocycles. The van der Waals surface area contributed by atoms with Crippen molar-refractivity contribution in [2.24, 2.45) is 0 Å². The Morgan fingerprint density at radius 3 is 2.41 bits per heavy atom. The smallest absolute Gasteiger partial charge is 0.125 e. The second kappa shape index (κ2) is 7.97. The van der Waals surface area contributed by atoms with E-state index in [1.807, 2.05) is 30.3 Å². The summed E-state index contributed by atoms with van der Waals surface area (Å²) >= 11 is 0. The molecule has 150 valence electrons. The summed E-state index contributed by atoms with van der Waals surface area (Å²) in [5.41, 5.74) is 4.12. The van der Waals surface area contributed by atoms with Gasteiger partial charge >= 0.3 is 0 Å². The summed E-state index contributed by atoms with van der Waals surface area (Å²) in [6.45, 7) is 1.24. The molecular formula is C23H27N5O. The third-order valence-electron chi connectivity index (χ3n) is 6.08. The third-order valence-corrected chi connectivity index (χ3v) is 6.08. The molecule has 1 aliphatic rings. The molecule has 2 aromatic carbocycles. The molecule has 3 heterocycles. The van der Waals surface area contributed by atoms with Crippen LogP contribution in [0.25, 0.3) is 22.1 Å². The predicted octanol–water partition coefficient (Wildman–Crippen LogP) is 3.96. The predicted molar refractivity (Wildman–Crippen MR) is 115 cm³/mol. The molecule has 0 spiro atoms. The van der Waals surface area contributed by atoms with Crippen molar-refractivity contribution in [3.05, 3.63) is 60.2 Å². The minimum Gasteiger partial charge on any atom is -0.396 e. The SMILES string of the molecule is OCCC1CCCCN1C(Cc1nc2ccccc2[nH]1)c1nc2ccccc2[nH]1. The second-order valence-electron chi connectivity index (χ2n) is 7.96. The van der Waals surface area contributed by atoms with Crippen LogP contribution in [0.1, 0.15) is 43.4 Å². The van der Waals surface area contributed by atoms with Crippen molar-refractivity contribution in [3.63, 3.8) is 0 Å². The monoisotopic (exact) mass is 389 g/mol. The summed E-state index contributed by atoms with van der Waals surface area (Å²) in [7, 11) is 0. The Kier molecular flexibility index (Phi) is 5.04. The Labute approximate surface area is 170 Å². The lowest BCUT2D eigenvalue weighted by Crippen LogP contribution is -2.43. The van der Waals surface area contributed by atoms with Gasteiger partial charge in [-0.2, -0.15) is 0 Å². The lowest BCUT2D eigenvalue weighted by Gasteiger charge is -2.40. The van der Waals surface area contributed by atoms with E-state index in [0.29, 0.717) is 6.04 Å². The number of aromatic nitrogens is 4. The molecule has 6 heteroatoms. The van der Waals surface area contributed by atoms with Gasteiger partial charge in [0.1, 0.15) is 11.6 Å². The van der Waals surface area contributed by atoms with Crippen molar-refractivity contribution in [1.82, 2.24) is 24.8 Å². The molecule has 0 saturated carbocycles. The van der Waals surface area contributed by atoms with Crippen LogP contribution in [-0.2, 0) is 6.42 Å². The number of aliphatic hydroxyl groups is 1. The normalized spacial score (nSPS) is 19.1. The summed E-state index contributed by atoms with van der Waals surface area (Å²) < 4.78 is 0. The highest BCUT2D eigenvalue weighted by atomic mass is 16.3. The first-order chi connectivity index (χ1) is 14.3. The number of hydrogen-bond donors (Lipinski definition) is 3. The van der Waals surface area contributed by atoms with Gasteiger partial charge in [0.25, 0.3) is 0 Å². The van der Waals surface area contributed by atoms with Crippen molar-refractivity contribution in [3.8, 4) is 0 Å². The molecule has 5 rings (SSSR count). The first kappa shape index (κ1) is 18.3. The second-order valence-corrected chi connectivity index (χ2v) is 7.96. The average Bonchev–Trinajstić information content (AvgIpc) is 3.36. The maximum atomic E-state index is 9.62. The number of piperidine rings is 1. The van der Waals surface area contributed by atoms with Crippen LogP contribution in [0.15, 0.2) is 48.5 Å². The molecule has 1 saturated heterocycles. The fourth-order valence-corrected chi connectivity index (χ4v) is 4.68. The van der Waals surface area contributed by atoms with E-state index in [1.54, 1.807) is 0 Å². The number of hydrogen-bond acceptors (Lipinski definition) is 4. The van der Waals surface area contributed by atoms with Gasteiger partial charge in [-0.05, 0) is 50.1 Å². The quantitative estimate of drug-likeness (QED) is 0.466. The minimum atomic E-state index is 0.0970. The highest BCUT2D eigenvalue weighted by Gasteiger charge is 2.32. The van der Waals surface area contributed by atoms with Crippen LogP contribution in [0.2, 0.25) is 0 Å². The fourth-order valence-electron chi connectivity index (χ4n) is 4.68. The lowest BCUT2D eigenvalue weighted by atomic mass is 9.96. The molecule has 0 amide bonds. The fraction of sp³-hybridized carbons (Fsp3) is 0.391. The van der Waals surface area contributed by atoms with Gasteiger partial charge in [0, 0.05) is 19.1 Å². The molecule has 2 aromatic heterocycles. The lowest BCUT2D eigenvalue weighted by molar-refractivity contribution is 0.0706. The molecular weight excluding hydrogens is 362 g/mol. The molecule has 4 aromatic rings. The number of fused-ring (bicyclic) bond motifs is 2. The number of nitrogens with one attached hydrogen (secondary N) is 2. The van der Waals surface area contributed by atoms with E-state index in [0.717, 1.165) is 59.5 Å². The van der Waals surface area contributed by atoms with Gasteiger partial charge in [-0.15, -0.1) is 0 Å². The number of benzene rings is 2. The summed E-state index contributed by atoms with van der Waals surface area (Å²) in [6.07, 6.45) is 5.09. The number of aromatic amines is 2. The topological polar surface area (TPSA) is 80.8 Å².